The molecule has 1 aliphatic rings. The molecule has 1 rings (SSSR count). The third-order valence-electron chi connectivity index (χ3n) is 2.76. The van der Waals surface area contributed by atoms with Gasteiger partial charge in [-0.3, -0.25) is 4.79 Å². The first-order chi connectivity index (χ1) is 8.82. The second-order valence-corrected chi connectivity index (χ2v) is 4.79. The lowest BCUT2D eigenvalue weighted by Gasteiger charge is -2.46. The van der Waals surface area contributed by atoms with Gasteiger partial charge in [-0.1, -0.05) is 0 Å². The Kier molecular flexibility index (Phi) is 5.11. The summed E-state index contributed by atoms with van der Waals surface area (Å²) in [5, 5.41) is 11.2. The van der Waals surface area contributed by atoms with Gasteiger partial charge < -0.3 is 25.8 Å². The first-order valence-corrected chi connectivity index (χ1v) is 5.99. The van der Waals surface area contributed by atoms with Crippen molar-refractivity contribution in [2.75, 3.05) is 26.2 Å². The van der Waals surface area contributed by atoms with Gasteiger partial charge in [0.25, 0.3) is 0 Å². The molecule has 0 aromatic heterocycles. The van der Waals surface area contributed by atoms with E-state index in [0.29, 0.717) is 26.1 Å². The van der Waals surface area contributed by atoms with E-state index in [0.717, 1.165) is 0 Å². The summed E-state index contributed by atoms with van der Waals surface area (Å²) in [5.74, 6) is -1.43. The average Bonchev–Trinajstić information content (AvgIpc) is 2.28. The van der Waals surface area contributed by atoms with Gasteiger partial charge >= 0.3 is 12.0 Å². The molecule has 19 heavy (non-hydrogen) atoms. The molecule has 1 saturated heterocycles. The molecular weight excluding hydrogens is 254 g/mol. The summed E-state index contributed by atoms with van der Waals surface area (Å²) in [6.45, 7) is 2.46. The Balaban J connectivity index is 2.16. The number of nitrogens with one attached hydrogen (secondary N) is 1. The number of nitrogens with two attached hydrogens (primary N) is 1. The quantitative estimate of drug-likeness (QED) is 0.521. The summed E-state index contributed by atoms with van der Waals surface area (Å²) in [4.78, 5) is 34.0. The van der Waals surface area contributed by atoms with Gasteiger partial charge in [-0.15, -0.1) is 0 Å². The van der Waals surface area contributed by atoms with Crippen LogP contribution in [-0.2, 0) is 14.3 Å². The molecule has 0 saturated carbocycles. The lowest BCUT2D eigenvalue weighted by molar-refractivity contribution is -0.159. The van der Waals surface area contributed by atoms with Crippen LogP contribution in [0.1, 0.15) is 19.8 Å². The number of aliphatic carboxylic acids is 1. The van der Waals surface area contributed by atoms with Crippen molar-refractivity contribution in [2.45, 2.75) is 25.4 Å². The summed E-state index contributed by atoms with van der Waals surface area (Å²) in [5.41, 5.74) is 4.38. The molecule has 0 aromatic rings. The Morgan fingerprint density at radius 3 is 2.58 bits per heavy atom. The van der Waals surface area contributed by atoms with Crippen molar-refractivity contribution in [1.82, 2.24) is 10.2 Å². The van der Waals surface area contributed by atoms with Crippen LogP contribution in [-0.4, -0.2) is 59.8 Å². The molecule has 0 radical (unpaired) electrons. The molecule has 108 valence electrons. The van der Waals surface area contributed by atoms with Crippen molar-refractivity contribution in [3.05, 3.63) is 0 Å². The van der Waals surface area contributed by atoms with E-state index in [1.165, 1.54) is 4.90 Å². The summed E-state index contributed by atoms with van der Waals surface area (Å²) in [7, 11) is 0. The first kappa shape index (κ1) is 15.2. The second-order valence-electron chi connectivity index (χ2n) is 4.79. The van der Waals surface area contributed by atoms with E-state index < -0.39 is 17.5 Å². The summed E-state index contributed by atoms with van der Waals surface area (Å²) >= 11 is 0. The normalized spacial score (nSPS) is 16.6. The Morgan fingerprint density at radius 1 is 1.42 bits per heavy atom. The number of amides is 3. The number of nitrogens with zero attached hydrogens (tertiary/aromatic N) is 1. The highest BCUT2D eigenvalue weighted by atomic mass is 16.5. The number of rotatable bonds is 7. The Hall–Kier alpha value is -1.83. The van der Waals surface area contributed by atoms with Crippen LogP contribution in [0.5, 0.6) is 0 Å². The Morgan fingerprint density at radius 2 is 2.05 bits per heavy atom. The fourth-order valence-electron chi connectivity index (χ4n) is 1.80. The highest BCUT2D eigenvalue weighted by Crippen LogP contribution is 2.24. The van der Waals surface area contributed by atoms with Gasteiger partial charge in [-0.05, 0) is 13.3 Å². The van der Waals surface area contributed by atoms with Crippen molar-refractivity contribution in [3.8, 4) is 0 Å². The Bertz CT molecular complexity index is 365. The number of carbonyl (C=O) groups excluding carboxylic acids is 2. The van der Waals surface area contributed by atoms with Crippen LogP contribution in [0, 0.1) is 0 Å². The van der Waals surface area contributed by atoms with Crippen LogP contribution >= 0.6 is 0 Å². The fourth-order valence-corrected chi connectivity index (χ4v) is 1.80. The summed E-state index contributed by atoms with van der Waals surface area (Å²) < 4.78 is 5.18. The van der Waals surface area contributed by atoms with Crippen LogP contribution in [0.15, 0.2) is 0 Å². The molecule has 3 amide bonds. The number of primary amides is 1. The van der Waals surface area contributed by atoms with Gasteiger partial charge in [0.2, 0.25) is 5.91 Å². The topological polar surface area (TPSA) is 122 Å². The zero-order valence-corrected chi connectivity index (χ0v) is 10.8. The molecule has 8 nitrogen and oxygen atoms in total. The molecule has 1 aliphatic heterocycles. The number of carbonyl (C=O) groups is 3. The van der Waals surface area contributed by atoms with E-state index in [4.69, 9.17) is 15.6 Å². The monoisotopic (exact) mass is 273 g/mol. The minimum absolute atomic E-state index is 0.236. The molecule has 8 heteroatoms. The van der Waals surface area contributed by atoms with Gasteiger partial charge in [0.15, 0.2) is 0 Å². The number of hydrogen-bond acceptors (Lipinski definition) is 4. The second kappa shape index (κ2) is 6.37. The first-order valence-electron chi connectivity index (χ1n) is 5.99. The maximum Gasteiger partial charge on any atom is 0.329 e. The van der Waals surface area contributed by atoms with E-state index in [1.54, 1.807) is 6.92 Å². The van der Waals surface area contributed by atoms with Crippen LogP contribution in [0.4, 0.5) is 4.79 Å². The highest BCUT2D eigenvalue weighted by Gasteiger charge is 2.42. The van der Waals surface area contributed by atoms with Gasteiger partial charge in [0, 0.05) is 13.0 Å². The van der Waals surface area contributed by atoms with Gasteiger partial charge in [-0.2, -0.15) is 0 Å². The van der Waals surface area contributed by atoms with E-state index in [1.807, 2.05) is 0 Å². The SMILES string of the molecule is CC1(OCC(=O)O)CN(C(=O)NCCCC(N)=O)C1. The average molecular weight is 273 g/mol. The zero-order valence-electron chi connectivity index (χ0n) is 10.8. The maximum atomic E-state index is 11.6. The summed E-state index contributed by atoms with van der Waals surface area (Å²) in [6.07, 6.45) is 0.738. The molecular formula is C11H19N3O5. The third kappa shape index (κ3) is 5.12. The molecule has 1 fully saturated rings. The van der Waals surface area contributed by atoms with Crippen molar-refractivity contribution in [3.63, 3.8) is 0 Å². The largest absolute Gasteiger partial charge is 0.480 e. The van der Waals surface area contributed by atoms with E-state index in [-0.39, 0.29) is 19.1 Å². The summed E-state index contributed by atoms with van der Waals surface area (Å²) in [6, 6.07) is -0.249. The van der Waals surface area contributed by atoms with E-state index in [9.17, 15) is 14.4 Å². The van der Waals surface area contributed by atoms with Crippen molar-refractivity contribution in [1.29, 1.82) is 0 Å². The highest BCUT2D eigenvalue weighted by molar-refractivity contribution is 5.76. The van der Waals surface area contributed by atoms with Crippen LogP contribution in [0.3, 0.4) is 0 Å². The fraction of sp³-hybridized carbons (Fsp3) is 0.727. The van der Waals surface area contributed by atoms with Gasteiger partial charge in [0.05, 0.1) is 13.1 Å². The lowest BCUT2D eigenvalue weighted by atomic mass is 9.97. The molecule has 0 unspecified atom stereocenters. The molecule has 0 bridgehead atoms. The van der Waals surface area contributed by atoms with Crippen LogP contribution < -0.4 is 11.1 Å². The third-order valence-corrected chi connectivity index (χ3v) is 2.76. The number of ether oxygens (including phenoxy) is 1. The van der Waals surface area contributed by atoms with Gasteiger partial charge in [-0.25, -0.2) is 9.59 Å². The molecule has 0 spiro atoms. The molecule has 0 aromatic carbocycles. The number of carboxylic acid groups (broad SMARTS) is 1. The van der Waals surface area contributed by atoms with Crippen molar-refractivity contribution >= 4 is 17.9 Å². The molecule has 1 heterocycles. The minimum atomic E-state index is -1.03. The van der Waals surface area contributed by atoms with E-state index in [2.05, 4.69) is 5.32 Å². The zero-order chi connectivity index (χ0) is 14.5. The molecule has 4 N–H and O–H groups in total. The lowest BCUT2D eigenvalue weighted by Crippen LogP contribution is -2.65. The van der Waals surface area contributed by atoms with Crippen molar-refractivity contribution in [2.24, 2.45) is 5.73 Å². The van der Waals surface area contributed by atoms with E-state index >= 15 is 0 Å². The van der Waals surface area contributed by atoms with Crippen LogP contribution in [0.25, 0.3) is 0 Å². The number of likely N-dealkylation sites (tertiary alicyclic amines) is 1. The van der Waals surface area contributed by atoms with Gasteiger partial charge in [0.1, 0.15) is 12.2 Å². The number of urea groups is 1. The number of hydrogen-bond donors (Lipinski definition) is 3. The minimum Gasteiger partial charge on any atom is -0.480 e. The van der Waals surface area contributed by atoms with Crippen LogP contribution in [0.2, 0.25) is 0 Å². The predicted octanol–water partition coefficient (Wildman–Crippen LogP) is -0.863. The molecule has 0 atom stereocenters. The Labute approximate surface area is 110 Å². The number of carboxylic acids is 1. The smallest absolute Gasteiger partial charge is 0.329 e. The molecule has 0 aliphatic carbocycles. The maximum absolute atomic E-state index is 11.6. The standard InChI is InChI=1S/C11H19N3O5/c1-11(19-5-9(16)17)6-14(7-11)10(18)13-4-2-3-8(12)15/h2-7H2,1H3,(H2,12,15)(H,13,18)(H,16,17). The predicted molar refractivity (Wildman–Crippen MR) is 65.4 cm³/mol. The van der Waals surface area contributed by atoms with Crippen molar-refractivity contribution < 1.29 is 24.2 Å².